The van der Waals surface area contributed by atoms with Crippen LogP contribution in [-0.2, 0) is 10.0 Å². The number of hydrogen-bond acceptors (Lipinski definition) is 4. The number of anilines is 1. The summed E-state index contributed by atoms with van der Waals surface area (Å²) in [4.78, 5) is 10.6. The minimum atomic E-state index is -3.95. The van der Waals surface area contributed by atoms with Gasteiger partial charge in [0.05, 0.1) is 17.3 Å². The standard InChI is InChI=1S/C11H11FN2O4S/c1-2-8(6-13)19(17,18)14-7-3-4-9(11(15)16)10(12)5-7/h3-5,8,14H,2H2,1H3,(H,15,16). The highest BCUT2D eigenvalue weighted by Crippen LogP contribution is 2.17. The monoisotopic (exact) mass is 286 g/mol. The molecule has 0 saturated heterocycles. The van der Waals surface area contributed by atoms with E-state index in [9.17, 15) is 17.6 Å². The van der Waals surface area contributed by atoms with Crippen molar-refractivity contribution in [3.05, 3.63) is 29.6 Å². The summed E-state index contributed by atoms with van der Waals surface area (Å²) in [5, 5.41) is 16.1. The Morgan fingerprint density at radius 2 is 2.21 bits per heavy atom. The highest BCUT2D eigenvalue weighted by Gasteiger charge is 2.23. The summed E-state index contributed by atoms with van der Waals surface area (Å²) in [6.07, 6.45) is 0.0848. The van der Waals surface area contributed by atoms with Crippen molar-refractivity contribution in [2.75, 3.05) is 4.72 Å². The Morgan fingerprint density at radius 3 is 2.63 bits per heavy atom. The van der Waals surface area contributed by atoms with E-state index in [0.717, 1.165) is 18.2 Å². The van der Waals surface area contributed by atoms with Crippen LogP contribution in [0.5, 0.6) is 0 Å². The number of benzene rings is 1. The third kappa shape index (κ3) is 3.42. The average molecular weight is 286 g/mol. The van der Waals surface area contributed by atoms with Crippen LogP contribution in [0.4, 0.5) is 10.1 Å². The number of hydrogen-bond donors (Lipinski definition) is 2. The summed E-state index contributed by atoms with van der Waals surface area (Å²) in [7, 11) is -3.95. The van der Waals surface area contributed by atoms with Gasteiger partial charge in [0.15, 0.2) is 5.25 Å². The predicted octanol–water partition coefficient (Wildman–Crippen LogP) is 1.57. The van der Waals surface area contributed by atoms with Gasteiger partial charge in [0.2, 0.25) is 10.0 Å². The Labute approximate surface area is 109 Å². The van der Waals surface area contributed by atoms with E-state index in [-0.39, 0.29) is 12.1 Å². The fraction of sp³-hybridized carbons (Fsp3) is 0.273. The topological polar surface area (TPSA) is 107 Å². The molecular formula is C11H11FN2O4S. The summed E-state index contributed by atoms with van der Waals surface area (Å²) < 4.78 is 38.8. The summed E-state index contributed by atoms with van der Waals surface area (Å²) >= 11 is 0. The van der Waals surface area contributed by atoms with Gasteiger partial charge in [-0.25, -0.2) is 17.6 Å². The van der Waals surface area contributed by atoms with Gasteiger partial charge in [-0.1, -0.05) is 6.92 Å². The summed E-state index contributed by atoms with van der Waals surface area (Å²) in [6.45, 7) is 1.53. The van der Waals surface area contributed by atoms with Crippen LogP contribution >= 0.6 is 0 Å². The first-order chi connectivity index (χ1) is 8.81. The number of nitriles is 1. The van der Waals surface area contributed by atoms with Crippen molar-refractivity contribution in [1.29, 1.82) is 5.26 Å². The molecule has 0 aromatic heterocycles. The second-order valence-electron chi connectivity index (χ2n) is 3.67. The van der Waals surface area contributed by atoms with Gasteiger partial charge in [-0.2, -0.15) is 5.26 Å². The van der Waals surface area contributed by atoms with Crippen molar-refractivity contribution in [3.8, 4) is 6.07 Å². The molecule has 0 fully saturated rings. The lowest BCUT2D eigenvalue weighted by molar-refractivity contribution is 0.0692. The first-order valence-corrected chi connectivity index (χ1v) is 6.80. The van der Waals surface area contributed by atoms with Gasteiger partial charge in [-0.05, 0) is 24.6 Å². The average Bonchev–Trinajstić information content (AvgIpc) is 2.28. The van der Waals surface area contributed by atoms with Gasteiger partial charge in [-0.15, -0.1) is 0 Å². The van der Waals surface area contributed by atoms with Crippen LogP contribution in [0.2, 0.25) is 0 Å². The van der Waals surface area contributed by atoms with Crippen LogP contribution in [-0.4, -0.2) is 24.7 Å². The quantitative estimate of drug-likeness (QED) is 0.854. The van der Waals surface area contributed by atoms with Crippen LogP contribution in [0.1, 0.15) is 23.7 Å². The Morgan fingerprint density at radius 1 is 1.58 bits per heavy atom. The van der Waals surface area contributed by atoms with Crippen molar-refractivity contribution in [3.63, 3.8) is 0 Å². The third-order valence-corrected chi connectivity index (χ3v) is 4.06. The number of nitrogens with one attached hydrogen (secondary N) is 1. The van der Waals surface area contributed by atoms with E-state index in [2.05, 4.69) is 0 Å². The molecule has 0 bridgehead atoms. The zero-order chi connectivity index (χ0) is 14.6. The number of halogens is 1. The van der Waals surface area contributed by atoms with Crippen molar-refractivity contribution in [2.45, 2.75) is 18.6 Å². The Balaban J connectivity index is 3.05. The number of sulfonamides is 1. The maximum Gasteiger partial charge on any atom is 0.338 e. The zero-order valence-electron chi connectivity index (χ0n) is 9.92. The van der Waals surface area contributed by atoms with Crippen molar-refractivity contribution in [2.24, 2.45) is 0 Å². The number of carboxylic acid groups (broad SMARTS) is 1. The fourth-order valence-corrected chi connectivity index (χ4v) is 2.54. The molecule has 0 heterocycles. The second kappa shape index (κ2) is 5.67. The molecule has 1 atom stereocenters. The largest absolute Gasteiger partial charge is 0.478 e. The Kier molecular flexibility index (Phi) is 4.45. The second-order valence-corrected chi connectivity index (χ2v) is 5.54. The number of carboxylic acids is 1. The molecule has 0 amide bonds. The maximum absolute atomic E-state index is 13.4. The molecule has 0 spiro atoms. The number of aromatic carboxylic acids is 1. The van der Waals surface area contributed by atoms with Crippen LogP contribution in [0.25, 0.3) is 0 Å². The number of nitrogens with zero attached hydrogens (tertiary/aromatic N) is 1. The zero-order valence-corrected chi connectivity index (χ0v) is 10.7. The molecule has 1 aromatic rings. The van der Waals surface area contributed by atoms with Gasteiger partial charge in [-0.3, -0.25) is 4.72 Å². The number of carbonyl (C=O) groups is 1. The molecule has 0 radical (unpaired) electrons. The van der Waals surface area contributed by atoms with Crippen LogP contribution in [0.3, 0.4) is 0 Å². The molecule has 0 aliphatic heterocycles. The first kappa shape index (κ1) is 14.9. The molecule has 2 N–H and O–H groups in total. The molecule has 8 heteroatoms. The Bertz CT molecular complexity index is 637. The minimum Gasteiger partial charge on any atom is -0.478 e. The van der Waals surface area contributed by atoms with Gasteiger partial charge in [0, 0.05) is 0 Å². The molecule has 0 saturated carbocycles. The summed E-state index contributed by atoms with van der Waals surface area (Å²) in [5.41, 5.74) is -0.688. The highest BCUT2D eigenvalue weighted by molar-refractivity contribution is 7.93. The van der Waals surface area contributed by atoms with Crippen LogP contribution in [0.15, 0.2) is 18.2 Å². The van der Waals surface area contributed by atoms with Crippen LogP contribution in [0, 0.1) is 17.1 Å². The lowest BCUT2D eigenvalue weighted by atomic mass is 10.2. The van der Waals surface area contributed by atoms with E-state index < -0.39 is 32.6 Å². The van der Waals surface area contributed by atoms with Gasteiger partial charge in [0.1, 0.15) is 5.82 Å². The molecular weight excluding hydrogens is 275 g/mol. The SMILES string of the molecule is CCC(C#N)S(=O)(=O)Nc1ccc(C(=O)O)c(F)c1. The van der Waals surface area contributed by atoms with Crippen molar-refractivity contribution in [1.82, 2.24) is 0 Å². The third-order valence-electron chi connectivity index (χ3n) is 2.35. The van der Waals surface area contributed by atoms with E-state index >= 15 is 0 Å². The first-order valence-electron chi connectivity index (χ1n) is 5.26. The summed E-state index contributed by atoms with van der Waals surface area (Å²) in [5.74, 6) is -2.51. The highest BCUT2D eigenvalue weighted by atomic mass is 32.2. The van der Waals surface area contributed by atoms with E-state index in [1.165, 1.54) is 6.92 Å². The van der Waals surface area contributed by atoms with Crippen molar-refractivity contribution < 1.29 is 22.7 Å². The molecule has 19 heavy (non-hydrogen) atoms. The van der Waals surface area contributed by atoms with E-state index in [1.54, 1.807) is 6.07 Å². The molecule has 6 nitrogen and oxygen atoms in total. The van der Waals surface area contributed by atoms with Gasteiger partial charge < -0.3 is 5.11 Å². The molecule has 0 aliphatic carbocycles. The van der Waals surface area contributed by atoms with E-state index in [1.807, 2.05) is 4.72 Å². The van der Waals surface area contributed by atoms with Gasteiger partial charge in [0.25, 0.3) is 0 Å². The smallest absolute Gasteiger partial charge is 0.338 e. The molecule has 1 rings (SSSR count). The maximum atomic E-state index is 13.4. The normalized spacial score (nSPS) is 12.5. The van der Waals surface area contributed by atoms with E-state index in [4.69, 9.17) is 10.4 Å². The van der Waals surface area contributed by atoms with Gasteiger partial charge >= 0.3 is 5.97 Å². The Hall–Kier alpha value is -2.14. The number of rotatable bonds is 5. The predicted molar refractivity (Wildman–Crippen MR) is 65.6 cm³/mol. The van der Waals surface area contributed by atoms with E-state index in [0.29, 0.717) is 0 Å². The molecule has 1 aromatic carbocycles. The molecule has 102 valence electrons. The lowest BCUT2D eigenvalue weighted by Crippen LogP contribution is -2.26. The fourth-order valence-electron chi connectivity index (χ4n) is 1.37. The molecule has 0 aliphatic rings. The molecule has 1 unspecified atom stereocenters. The minimum absolute atomic E-state index is 0.0848. The van der Waals surface area contributed by atoms with Crippen molar-refractivity contribution >= 4 is 21.7 Å². The lowest BCUT2D eigenvalue weighted by Gasteiger charge is -2.11. The summed E-state index contributed by atoms with van der Waals surface area (Å²) in [6, 6.07) is 4.44. The van der Waals surface area contributed by atoms with Crippen LogP contribution < -0.4 is 4.72 Å².